The molecule has 1 heterocycles. The minimum Gasteiger partial charge on any atom is -0.236 e. The zero-order chi connectivity index (χ0) is 12.5. The van der Waals surface area contributed by atoms with Crippen molar-refractivity contribution in [1.29, 1.82) is 0 Å². The van der Waals surface area contributed by atoms with E-state index < -0.39 is 0 Å². The van der Waals surface area contributed by atoms with E-state index in [1.807, 2.05) is 12.1 Å². The van der Waals surface area contributed by atoms with Crippen LogP contribution >= 0.6 is 11.6 Å². The summed E-state index contributed by atoms with van der Waals surface area (Å²) < 4.78 is 0. The summed E-state index contributed by atoms with van der Waals surface area (Å²) in [6, 6.07) is 9.96. The van der Waals surface area contributed by atoms with Crippen LogP contribution in [0.15, 0.2) is 36.5 Å². The normalized spacial score (nSPS) is 11.5. The van der Waals surface area contributed by atoms with Gasteiger partial charge in [-0.25, -0.2) is 9.97 Å². The van der Waals surface area contributed by atoms with Crippen molar-refractivity contribution >= 4 is 11.6 Å². The molecule has 17 heavy (non-hydrogen) atoms. The van der Waals surface area contributed by atoms with E-state index in [1.165, 1.54) is 5.56 Å². The van der Waals surface area contributed by atoms with Crippen molar-refractivity contribution in [3.8, 4) is 11.4 Å². The van der Waals surface area contributed by atoms with Crippen LogP contribution in [-0.2, 0) is 5.41 Å². The highest BCUT2D eigenvalue weighted by Gasteiger charge is 2.13. The molecule has 0 aliphatic rings. The lowest BCUT2D eigenvalue weighted by atomic mass is 9.87. The molecule has 1 aromatic carbocycles. The summed E-state index contributed by atoms with van der Waals surface area (Å²) in [7, 11) is 0. The van der Waals surface area contributed by atoms with Crippen molar-refractivity contribution in [3.63, 3.8) is 0 Å². The third kappa shape index (κ3) is 2.83. The van der Waals surface area contributed by atoms with Gasteiger partial charge in [0.2, 0.25) is 0 Å². The molecule has 0 fully saturated rings. The molecular formula is C14H15ClN2. The number of halogens is 1. The number of benzene rings is 1. The summed E-state index contributed by atoms with van der Waals surface area (Å²) in [6.07, 6.45) is 1.67. The molecule has 0 unspecified atom stereocenters. The number of rotatable bonds is 1. The second kappa shape index (κ2) is 4.46. The smallest absolute Gasteiger partial charge is 0.160 e. The molecule has 2 rings (SSSR count). The molecule has 2 nitrogen and oxygen atoms in total. The Balaban J connectivity index is 2.36. The van der Waals surface area contributed by atoms with Crippen LogP contribution in [0.5, 0.6) is 0 Å². The zero-order valence-electron chi connectivity index (χ0n) is 10.2. The van der Waals surface area contributed by atoms with E-state index in [-0.39, 0.29) is 5.41 Å². The van der Waals surface area contributed by atoms with Gasteiger partial charge in [-0.2, -0.15) is 0 Å². The summed E-state index contributed by atoms with van der Waals surface area (Å²) in [5.74, 6) is 0.665. The first-order valence-electron chi connectivity index (χ1n) is 5.56. The molecule has 88 valence electrons. The topological polar surface area (TPSA) is 25.8 Å². The molecular weight excluding hydrogens is 232 g/mol. The minimum atomic E-state index is 0.160. The largest absolute Gasteiger partial charge is 0.236 e. The maximum absolute atomic E-state index is 5.85. The van der Waals surface area contributed by atoms with E-state index in [9.17, 15) is 0 Å². The van der Waals surface area contributed by atoms with Crippen LogP contribution in [0, 0.1) is 0 Å². The van der Waals surface area contributed by atoms with Crippen molar-refractivity contribution in [2.75, 3.05) is 0 Å². The van der Waals surface area contributed by atoms with Gasteiger partial charge in [-0.1, -0.05) is 56.6 Å². The summed E-state index contributed by atoms with van der Waals surface area (Å²) in [6.45, 7) is 6.58. The average molecular weight is 247 g/mol. The van der Waals surface area contributed by atoms with Crippen LogP contribution < -0.4 is 0 Å². The number of aromatic nitrogens is 2. The van der Waals surface area contributed by atoms with Crippen molar-refractivity contribution in [2.45, 2.75) is 26.2 Å². The molecule has 0 saturated carbocycles. The van der Waals surface area contributed by atoms with Crippen LogP contribution in [0.2, 0.25) is 5.15 Å². The van der Waals surface area contributed by atoms with Crippen molar-refractivity contribution in [1.82, 2.24) is 9.97 Å². The Hall–Kier alpha value is -1.41. The molecule has 0 N–H and O–H groups in total. The molecule has 0 aliphatic carbocycles. The third-order valence-electron chi connectivity index (χ3n) is 2.63. The van der Waals surface area contributed by atoms with Gasteiger partial charge in [-0.15, -0.1) is 0 Å². The summed E-state index contributed by atoms with van der Waals surface area (Å²) in [5, 5.41) is 0.467. The fourth-order valence-corrected chi connectivity index (χ4v) is 1.73. The molecule has 0 spiro atoms. The average Bonchev–Trinajstić information content (AvgIpc) is 2.28. The molecule has 0 saturated heterocycles. The Bertz CT molecular complexity index is 512. The Morgan fingerprint density at radius 1 is 1.00 bits per heavy atom. The first kappa shape index (κ1) is 12.1. The fourth-order valence-electron chi connectivity index (χ4n) is 1.60. The van der Waals surface area contributed by atoms with Gasteiger partial charge in [-0.05, 0) is 17.0 Å². The lowest BCUT2D eigenvalue weighted by Gasteiger charge is -2.18. The van der Waals surface area contributed by atoms with Crippen LogP contribution in [0.3, 0.4) is 0 Å². The molecule has 1 aromatic heterocycles. The van der Waals surface area contributed by atoms with Crippen molar-refractivity contribution in [3.05, 3.63) is 47.2 Å². The van der Waals surface area contributed by atoms with Gasteiger partial charge in [0.25, 0.3) is 0 Å². The summed E-state index contributed by atoms with van der Waals surface area (Å²) in [5.41, 5.74) is 2.44. The molecule has 0 aliphatic heterocycles. The third-order valence-corrected chi connectivity index (χ3v) is 2.84. The summed E-state index contributed by atoms with van der Waals surface area (Å²) >= 11 is 5.85. The van der Waals surface area contributed by atoms with E-state index in [0.717, 1.165) is 5.56 Å². The Morgan fingerprint density at radius 3 is 2.18 bits per heavy atom. The maximum Gasteiger partial charge on any atom is 0.160 e. The highest BCUT2D eigenvalue weighted by molar-refractivity contribution is 6.29. The van der Waals surface area contributed by atoms with Crippen LogP contribution in [-0.4, -0.2) is 9.97 Å². The highest BCUT2D eigenvalue weighted by Crippen LogP contribution is 2.24. The van der Waals surface area contributed by atoms with Gasteiger partial charge in [0.15, 0.2) is 5.82 Å². The Morgan fingerprint density at radius 2 is 1.65 bits per heavy atom. The zero-order valence-corrected chi connectivity index (χ0v) is 11.0. The lowest BCUT2D eigenvalue weighted by molar-refractivity contribution is 0.590. The SMILES string of the molecule is CC(C)(C)c1ccc(-c2nccc(Cl)n2)cc1. The Kier molecular flexibility index (Phi) is 3.16. The molecule has 0 amide bonds. The molecule has 0 bridgehead atoms. The van der Waals surface area contributed by atoms with Gasteiger partial charge in [0, 0.05) is 11.8 Å². The van der Waals surface area contributed by atoms with Crippen molar-refractivity contribution in [2.24, 2.45) is 0 Å². The fraction of sp³-hybridized carbons (Fsp3) is 0.286. The lowest BCUT2D eigenvalue weighted by Crippen LogP contribution is -2.10. The van der Waals surface area contributed by atoms with Gasteiger partial charge in [0.1, 0.15) is 5.15 Å². The number of nitrogens with zero attached hydrogens (tertiary/aromatic N) is 2. The predicted octanol–water partition coefficient (Wildman–Crippen LogP) is 4.09. The van der Waals surface area contributed by atoms with E-state index >= 15 is 0 Å². The quantitative estimate of drug-likeness (QED) is 0.708. The van der Waals surface area contributed by atoms with E-state index in [4.69, 9.17) is 11.6 Å². The van der Waals surface area contributed by atoms with Gasteiger partial charge in [-0.3, -0.25) is 0 Å². The van der Waals surface area contributed by atoms with Gasteiger partial charge < -0.3 is 0 Å². The van der Waals surface area contributed by atoms with Gasteiger partial charge in [0.05, 0.1) is 0 Å². The monoisotopic (exact) mass is 246 g/mol. The molecule has 2 aromatic rings. The second-order valence-electron chi connectivity index (χ2n) is 5.03. The second-order valence-corrected chi connectivity index (χ2v) is 5.42. The maximum atomic E-state index is 5.85. The minimum absolute atomic E-state index is 0.160. The standard InChI is InChI=1S/C14H15ClN2/c1-14(2,3)11-6-4-10(5-7-11)13-16-9-8-12(15)17-13/h4-9H,1-3H3. The number of hydrogen-bond acceptors (Lipinski definition) is 2. The highest BCUT2D eigenvalue weighted by atomic mass is 35.5. The van der Waals surface area contributed by atoms with E-state index in [0.29, 0.717) is 11.0 Å². The van der Waals surface area contributed by atoms with Crippen LogP contribution in [0.1, 0.15) is 26.3 Å². The van der Waals surface area contributed by atoms with Crippen molar-refractivity contribution < 1.29 is 0 Å². The first-order valence-corrected chi connectivity index (χ1v) is 5.94. The Labute approximate surface area is 107 Å². The molecule has 0 radical (unpaired) electrons. The molecule has 3 heteroatoms. The van der Waals surface area contributed by atoms with Gasteiger partial charge >= 0.3 is 0 Å². The van der Waals surface area contributed by atoms with E-state index in [1.54, 1.807) is 12.3 Å². The van der Waals surface area contributed by atoms with Crippen LogP contribution in [0.25, 0.3) is 11.4 Å². The van der Waals surface area contributed by atoms with Crippen LogP contribution in [0.4, 0.5) is 0 Å². The predicted molar refractivity (Wildman–Crippen MR) is 71.2 cm³/mol. The number of hydrogen-bond donors (Lipinski definition) is 0. The first-order chi connectivity index (χ1) is 7.97. The summed E-state index contributed by atoms with van der Waals surface area (Å²) in [4.78, 5) is 8.40. The van der Waals surface area contributed by atoms with E-state index in [2.05, 4.69) is 42.9 Å². The molecule has 0 atom stereocenters.